The van der Waals surface area contributed by atoms with Gasteiger partial charge in [0.2, 0.25) is 0 Å². The molecule has 1 aromatic rings. The number of rotatable bonds is 7. The van der Waals surface area contributed by atoms with E-state index >= 15 is 0 Å². The summed E-state index contributed by atoms with van der Waals surface area (Å²) in [6, 6.07) is 9.45. The van der Waals surface area contributed by atoms with Crippen molar-refractivity contribution in [1.29, 1.82) is 0 Å². The van der Waals surface area contributed by atoms with Crippen molar-refractivity contribution in [1.82, 2.24) is 5.32 Å². The van der Waals surface area contributed by atoms with Gasteiger partial charge >= 0.3 is 0 Å². The Morgan fingerprint density at radius 1 is 1.18 bits per heavy atom. The fraction of sp³-hybridized carbons (Fsp3) is 0.529. The molecule has 0 aromatic heterocycles. The van der Waals surface area contributed by atoms with Gasteiger partial charge in [0.25, 0.3) is 11.8 Å². The van der Waals surface area contributed by atoms with Gasteiger partial charge in [-0.1, -0.05) is 18.2 Å². The third-order valence-corrected chi connectivity index (χ3v) is 3.65. The van der Waals surface area contributed by atoms with Crippen LogP contribution < -0.4 is 15.1 Å². The number of nitrogens with one attached hydrogen (secondary N) is 2. The molecule has 5 nitrogen and oxygen atoms in total. The summed E-state index contributed by atoms with van der Waals surface area (Å²) in [7, 11) is 1.88. The van der Waals surface area contributed by atoms with Gasteiger partial charge in [-0.3, -0.25) is 9.59 Å². The number of hydrogen-bond donors (Lipinski definition) is 2. The van der Waals surface area contributed by atoms with Gasteiger partial charge in [0, 0.05) is 18.3 Å². The molecule has 5 heteroatoms. The van der Waals surface area contributed by atoms with E-state index in [0.29, 0.717) is 6.54 Å². The van der Waals surface area contributed by atoms with Crippen LogP contribution in [0, 0.1) is 0 Å². The fourth-order valence-corrected chi connectivity index (χ4v) is 2.30. The van der Waals surface area contributed by atoms with Crippen LogP contribution in [0.2, 0.25) is 0 Å². The lowest BCUT2D eigenvalue weighted by atomic mass is 10.2. The molecule has 1 unspecified atom stereocenters. The minimum atomic E-state index is -0.280. The zero-order chi connectivity index (χ0) is 16.7. The van der Waals surface area contributed by atoms with Crippen LogP contribution in [0.25, 0.3) is 0 Å². The molecule has 0 radical (unpaired) electrons. The normalized spacial score (nSPS) is 13.5. The van der Waals surface area contributed by atoms with Gasteiger partial charge < -0.3 is 15.1 Å². The first-order valence-corrected chi connectivity index (χ1v) is 7.84. The smallest absolute Gasteiger partial charge is 0.284 e. The number of quaternary nitrogens is 1. The van der Waals surface area contributed by atoms with E-state index in [9.17, 15) is 9.59 Å². The third-order valence-electron chi connectivity index (χ3n) is 3.65. The molecule has 0 saturated carbocycles. The molecule has 122 valence electrons. The molecule has 0 heterocycles. The third kappa shape index (κ3) is 5.15. The van der Waals surface area contributed by atoms with Gasteiger partial charge in [0.15, 0.2) is 12.6 Å². The molecule has 22 heavy (non-hydrogen) atoms. The van der Waals surface area contributed by atoms with Crippen molar-refractivity contribution in [2.24, 2.45) is 0 Å². The van der Waals surface area contributed by atoms with Crippen molar-refractivity contribution in [3.63, 3.8) is 0 Å². The Kier molecular flexibility index (Phi) is 7.05. The average Bonchev–Trinajstić information content (AvgIpc) is 2.47. The zero-order valence-electron chi connectivity index (χ0n) is 14.2. The number of nitrogens with zero attached hydrogens (tertiary/aromatic N) is 1. The summed E-state index contributed by atoms with van der Waals surface area (Å²) >= 11 is 0. The maximum atomic E-state index is 12.7. The van der Waals surface area contributed by atoms with Crippen molar-refractivity contribution >= 4 is 17.5 Å². The fourth-order valence-electron chi connectivity index (χ4n) is 2.30. The van der Waals surface area contributed by atoms with Gasteiger partial charge in [-0.05, 0) is 39.8 Å². The minimum absolute atomic E-state index is 0.0311. The summed E-state index contributed by atoms with van der Waals surface area (Å²) in [5.74, 6) is -0.00143. The highest BCUT2D eigenvalue weighted by atomic mass is 16.2. The monoisotopic (exact) mass is 306 g/mol. The van der Waals surface area contributed by atoms with E-state index in [-0.39, 0.29) is 30.4 Å². The molecule has 2 N–H and O–H groups in total. The average molecular weight is 306 g/mol. The number of anilines is 1. The summed E-state index contributed by atoms with van der Waals surface area (Å²) in [5.41, 5.74) is 0.890. The topological polar surface area (TPSA) is 53.9 Å². The van der Waals surface area contributed by atoms with E-state index in [0.717, 1.165) is 10.6 Å². The van der Waals surface area contributed by atoms with Crippen LogP contribution in [0.3, 0.4) is 0 Å². The first-order valence-electron chi connectivity index (χ1n) is 7.84. The van der Waals surface area contributed by atoms with Gasteiger partial charge in [-0.2, -0.15) is 0 Å². The Bertz CT molecular complexity index is 488. The number of likely N-dealkylation sites (N-methyl/N-ethyl adjacent to an activating group) is 2. The molecule has 0 aliphatic heterocycles. The molecular formula is C17H28N3O2+. The van der Waals surface area contributed by atoms with Crippen LogP contribution in [-0.2, 0) is 9.59 Å². The van der Waals surface area contributed by atoms with Crippen molar-refractivity contribution in [3.8, 4) is 0 Å². The highest BCUT2D eigenvalue weighted by molar-refractivity contribution is 5.96. The molecule has 1 rings (SSSR count). The highest BCUT2D eigenvalue weighted by Crippen LogP contribution is 2.13. The van der Waals surface area contributed by atoms with Gasteiger partial charge in [0.05, 0.1) is 7.05 Å². The van der Waals surface area contributed by atoms with Gasteiger partial charge in [0.1, 0.15) is 0 Å². The lowest BCUT2D eigenvalue weighted by Crippen LogP contribution is -3.15. The summed E-state index contributed by atoms with van der Waals surface area (Å²) < 4.78 is 0. The lowest BCUT2D eigenvalue weighted by molar-refractivity contribution is -0.885. The number of amides is 2. The predicted octanol–water partition coefficient (Wildman–Crippen LogP) is 0.467. The predicted molar refractivity (Wildman–Crippen MR) is 89.0 cm³/mol. The Balaban J connectivity index is 2.72. The van der Waals surface area contributed by atoms with Crippen LogP contribution in [-0.4, -0.2) is 44.0 Å². The van der Waals surface area contributed by atoms with E-state index in [1.54, 1.807) is 4.90 Å². The molecule has 0 bridgehead atoms. The van der Waals surface area contributed by atoms with Gasteiger partial charge in [-0.25, -0.2) is 0 Å². The van der Waals surface area contributed by atoms with Crippen LogP contribution in [0.4, 0.5) is 5.69 Å². The lowest BCUT2D eigenvalue weighted by Gasteiger charge is -2.27. The Labute approximate surface area is 133 Å². The Morgan fingerprint density at radius 3 is 2.27 bits per heavy atom. The van der Waals surface area contributed by atoms with E-state index in [1.165, 1.54) is 0 Å². The Morgan fingerprint density at radius 2 is 1.77 bits per heavy atom. The molecule has 0 saturated heterocycles. The van der Waals surface area contributed by atoms with Crippen LogP contribution in [0.5, 0.6) is 0 Å². The van der Waals surface area contributed by atoms with Crippen LogP contribution in [0.15, 0.2) is 30.3 Å². The molecule has 2 atom stereocenters. The summed E-state index contributed by atoms with van der Waals surface area (Å²) in [6.07, 6.45) is 0. The standard InChI is InChI=1S/C17H27N3O2/c1-6-20(15-10-8-7-9-11-15)17(22)14(4)19(5)12-16(21)18-13(2)3/h7-11,13-14H,6,12H2,1-5H3,(H,18,21)/p+1/t14-/m1/s1. The minimum Gasteiger partial charge on any atom is -0.349 e. The molecule has 0 aliphatic carbocycles. The van der Waals surface area contributed by atoms with Crippen molar-refractivity contribution < 1.29 is 14.5 Å². The molecule has 2 amide bonds. The van der Waals surface area contributed by atoms with E-state index in [1.807, 2.05) is 65.1 Å². The van der Waals surface area contributed by atoms with E-state index in [2.05, 4.69) is 5.32 Å². The number of carbonyl (C=O) groups is 2. The second-order valence-electron chi connectivity index (χ2n) is 5.89. The number of hydrogen-bond acceptors (Lipinski definition) is 2. The largest absolute Gasteiger partial charge is 0.349 e. The molecular weight excluding hydrogens is 278 g/mol. The summed E-state index contributed by atoms with van der Waals surface area (Å²) in [4.78, 5) is 27.2. The second-order valence-corrected chi connectivity index (χ2v) is 5.89. The number of benzene rings is 1. The van der Waals surface area contributed by atoms with Crippen LogP contribution in [0.1, 0.15) is 27.7 Å². The van der Waals surface area contributed by atoms with Gasteiger partial charge in [-0.15, -0.1) is 0 Å². The maximum absolute atomic E-state index is 12.7. The summed E-state index contributed by atoms with van der Waals surface area (Å²) in [6.45, 7) is 8.58. The van der Waals surface area contributed by atoms with Crippen LogP contribution >= 0.6 is 0 Å². The second kappa shape index (κ2) is 8.54. The van der Waals surface area contributed by atoms with E-state index in [4.69, 9.17) is 0 Å². The first kappa shape index (κ1) is 18.2. The van der Waals surface area contributed by atoms with Crippen molar-refractivity contribution in [2.45, 2.75) is 39.8 Å². The SMILES string of the molecule is CCN(C(=O)[C@@H](C)[NH+](C)CC(=O)NC(C)C)c1ccccc1. The molecule has 0 spiro atoms. The molecule has 1 aromatic carbocycles. The number of carbonyl (C=O) groups excluding carboxylic acids is 2. The molecule has 0 fully saturated rings. The van der Waals surface area contributed by atoms with Crippen molar-refractivity contribution in [2.75, 3.05) is 25.0 Å². The molecule has 0 aliphatic rings. The highest BCUT2D eigenvalue weighted by Gasteiger charge is 2.28. The van der Waals surface area contributed by atoms with Crippen molar-refractivity contribution in [3.05, 3.63) is 30.3 Å². The quantitative estimate of drug-likeness (QED) is 0.769. The van der Waals surface area contributed by atoms with E-state index < -0.39 is 0 Å². The Hall–Kier alpha value is -1.88. The number of para-hydroxylation sites is 1. The maximum Gasteiger partial charge on any atom is 0.284 e. The summed E-state index contributed by atoms with van der Waals surface area (Å²) in [5, 5.41) is 2.86. The zero-order valence-corrected chi connectivity index (χ0v) is 14.2. The first-order chi connectivity index (χ1) is 10.4.